The maximum atomic E-state index is 11.9. The van der Waals surface area contributed by atoms with Gasteiger partial charge < -0.3 is 9.47 Å². The first-order chi connectivity index (χ1) is 8.44. The van der Waals surface area contributed by atoms with Gasteiger partial charge in [0.25, 0.3) is 0 Å². The molecule has 0 aromatic rings. The van der Waals surface area contributed by atoms with Crippen LogP contribution in [0.15, 0.2) is 12.2 Å². The van der Waals surface area contributed by atoms with Gasteiger partial charge in [-0.2, -0.15) is 0 Å². The molecule has 2 fully saturated rings. The molecule has 0 saturated heterocycles. The molecule has 2 aliphatic carbocycles. The second-order valence-electron chi connectivity index (χ2n) is 5.64. The molecule has 4 heteroatoms. The third kappa shape index (κ3) is 2.42. The van der Waals surface area contributed by atoms with E-state index in [9.17, 15) is 9.59 Å². The SMILES string of the molecule is C=C(CC(=O)OC)C(=O)OC1(C)CC2CCC1C2. The maximum Gasteiger partial charge on any atom is 0.334 e. The summed E-state index contributed by atoms with van der Waals surface area (Å²) in [5, 5.41) is 0. The van der Waals surface area contributed by atoms with E-state index in [0.717, 1.165) is 19.3 Å². The van der Waals surface area contributed by atoms with Crippen molar-refractivity contribution in [3.63, 3.8) is 0 Å². The molecule has 3 atom stereocenters. The average Bonchev–Trinajstić information content (AvgIpc) is 2.88. The van der Waals surface area contributed by atoms with Gasteiger partial charge in [0.05, 0.1) is 13.5 Å². The van der Waals surface area contributed by atoms with Crippen LogP contribution in [0.25, 0.3) is 0 Å². The molecule has 0 amide bonds. The largest absolute Gasteiger partial charge is 0.469 e. The minimum Gasteiger partial charge on any atom is -0.469 e. The van der Waals surface area contributed by atoms with Crippen molar-refractivity contribution < 1.29 is 19.1 Å². The van der Waals surface area contributed by atoms with E-state index >= 15 is 0 Å². The quantitative estimate of drug-likeness (QED) is 0.568. The Morgan fingerprint density at radius 1 is 1.39 bits per heavy atom. The lowest BCUT2D eigenvalue weighted by molar-refractivity contribution is -0.159. The van der Waals surface area contributed by atoms with Crippen molar-refractivity contribution in [3.05, 3.63) is 12.2 Å². The summed E-state index contributed by atoms with van der Waals surface area (Å²) in [4.78, 5) is 23.0. The minimum atomic E-state index is -0.463. The highest BCUT2D eigenvalue weighted by Crippen LogP contribution is 2.52. The number of fused-ring (bicyclic) bond motifs is 2. The van der Waals surface area contributed by atoms with Gasteiger partial charge in [0.1, 0.15) is 5.60 Å². The van der Waals surface area contributed by atoms with Crippen LogP contribution in [0.3, 0.4) is 0 Å². The fraction of sp³-hybridized carbons (Fsp3) is 0.714. The van der Waals surface area contributed by atoms with Crippen LogP contribution < -0.4 is 0 Å². The molecule has 2 rings (SSSR count). The second kappa shape index (κ2) is 4.75. The van der Waals surface area contributed by atoms with Crippen LogP contribution >= 0.6 is 0 Å². The lowest BCUT2D eigenvalue weighted by Gasteiger charge is -2.33. The molecule has 0 radical (unpaired) electrons. The van der Waals surface area contributed by atoms with Gasteiger partial charge in [-0.25, -0.2) is 4.79 Å². The number of esters is 2. The molecular weight excluding hydrogens is 232 g/mol. The van der Waals surface area contributed by atoms with Crippen LogP contribution in [-0.4, -0.2) is 24.6 Å². The van der Waals surface area contributed by atoms with Crippen molar-refractivity contribution in [1.82, 2.24) is 0 Å². The van der Waals surface area contributed by atoms with Crippen molar-refractivity contribution in [1.29, 1.82) is 0 Å². The molecular formula is C14H20O4. The Morgan fingerprint density at radius 3 is 2.61 bits per heavy atom. The number of hydrogen-bond acceptors (Lipinski definition) is 4. The Kier molecular flexibility index (Phi) is 3.46. The summed E-state index contributed by atoms with van der Waals surface area (Å²) in [5.41, 5.74) is -0.190. The number of hydrogen-bond donors (Lipinski definition) is 0. The van der Waals surface area contributed by atoms with Crippen molar-refractivity contribution in [2.75, 3.05) is 7.11 Å². The summed E-state index contributed by atoms with van der Waals surface area (Å²) in [6.07, 6.45) is 4.39. The Labute approximate surface area is 107 Å². The van der Waals surface area contributed by atoms with Crippen molar-refractivity contribution >= 4 is 11.9 Å². The first kappa shape index (κ1) is 13.1. The Morgan fingerprint density at radius 2 is 2.11 bits per heavy atom. The zero-order valence-corrected chi connectivity index (χ0v) is 11.0. The number of carbonyl (C=O) groups is 2. The van der Waals surface area contributed by atoms with E-state index in [4.69, 9.17) is 4.74 Å². The van der Waals surface area contributed by atoms with Gasteiger partial charge in [-0.15, -0.1) is 0 Å². The molecule has 100 valence electrons. The molecule has 0 aromatic heterocycles. The summed E-state index contributed by atoms with van der Waals surface area (Å²) in [5.74, 6) is 0.240. The van der Waals surface area contributed by atoms with Crippen LogP contribution in [0.2, 0.25) is 0 Å². The molecule has 0 heterocycles. The predicted octanol–water partition coefficient (Wildman–Crippen LogP) is 2.23. The van der Waals surface area contributed by atoms with Crippen LogP contribution in [0.4, 0.5) is 0 Å². The number of methoxy groups -OCH3 is 1. The Bertz CT molecular complexity index is 387. The van der Waals surface area contributed by atoms with E-state index in [1.54, 1.807) is 0 Å². The van der Waals surface area contributed by atoms with Crippen molar-refractivity contribution in [3.8, 4) is 0 Å². The summed E-state index contributed by atoms with van der Waals surface area (Å²) < 4.78 is 10.1. The monoisotopic (exact) mass is 252 g/mol. The molecule has 0 aromatic carbocycles. The third-order valence-electron chi connectivity index (χ3n) is 4.30. The highest BCUT2D eigenvalue weighted by Gasteiger charge is 2.50. The van der Waals surface area contributed by atoms with Gasteiger partial charge in [-0.3, -0.25) is 4.79 Å². The highest BCUT2D eigenvalue weighted by atomic mass is 16.6. The summed E-state index contributed by atoms with van der Waals surface area (Å²) in [7, 11) is 1.29. The molecule has 2 aliphatic rings. The highest BCUT2D eigenvalue weighted by molar-refractivity contribution is 5.93. The summed E-state index contributed by atoms with van der Waals surface area (Å²) in [6.45, 7) is 5.60. The van der Waals surface area contributed by atoms with Gasteiger partial charge in [0.2, 0.25) is 0 Å². The number of ether oxygens (including phenoxy) is 2. The average molecular weight is 252 g/mol. The van der Waals surface area contributed by atoms with E-state index in [-0.39, 0.29) is 17.6 Å². The summed E-state index contributed by atoms with van der Waals surface area (Å²) >= 11 is 0. The normalized spacial score (nSPS) is 33.2. The van der Waals surface area contributed by atoms with Crippen LogP contribution in [0, 0.1) is 11.8 Å². The van der Waals surface area contributed by atoms with Crippen LogP contribution in [0.1, 0.15) is 39.0 Å². The number of carbonyl (C=O) groups excluding carboxylic acids is 2. The predicted molar refractivity (Wildman–Crippen MR) is 65.7 cm³/mol. The Hall–Kier alpha value is -1.32. The van der Waals surface area contributed by atoms with Gasteiger partial charge in [0.15, 0.2) is 0 Å². The standard InChI is InChI=1S/C14H20O4/c1-9(6-12(15)17-3)13(16)18-14(2)8-10-4-5-11(14)7-10/h10-11H,1,4-8H2,2-3H3. The lowest BCUT2D eigenvalue weighted by atomic mass is 9.85. The van der Waals surface area contributed by atoms with E-state index in [0.29, 0.717) is 11.8 Å². The maximum absolute atomic E-state index is 11.9. The van der Waals surface area contributed by atoms with Gasteiger partial charge in [0, 0.05) is 5.57 Å². The molecule has 4 nitrogen and oxygen atoms in total. The van der Waals surface area contributed by atoms with E-state index < -0.39 is 11.9 Å². The van der Waals surface area contributed by atoms with E-state index in [1.165, 1.54) is 13.5 Å². The van der Waals surface area contributed by atoms with Gasteiger partial charge in [-0.1, -0.05) is 6.58 Å². The lowest BCUT2D eigenvalue weighted by Crippen LogP contribution is -2.37. The summed E-state index contributed by atoms with van der Waals surface area (Å²) in [6, 6.07) is 0. The van der Waals surface area contributed by atoms with Crippen molar-refractivity contribution in [2.45, 2.75) is 44.6 Å². The molecule has 3 unspecified atom stereocenters. The number of rotatable bonds is 4. The van der Waals surface area contributed by atoms with Crippen molar-refractivity contribution in [2.24, 2.45) is 11.8 Å². The van der Waals surface area contributed by atoms with Gasteiger partial charge in [-0.05, 0) is 44.4 Å². The molecule has 2 bridgehead atoms. The molecule has 0 N–H and O–H groups in total. The minimum absolute atomic E-state index is 0.0977. The molecule has 0 aliphatic heterocycles. The van der Waals surface area contributed by atoms with E-state index in [1.807, 2.05) is 6.92 Å². The molecule has 2 saturated carbocycles. The fourth-order valence-corrected chi connectivity index (χ4v) is 3.28. The first-order valence-corrected chi connectivity index (χ1v) is 6.42. The topological polar surface area (TPSA) is 52.6 Å². The van der Waals surface area contributed by atoms with Crippen LogP contribution in [0.5, 0.6) is 0 Å². The van der Waals surface area contributed by atoms with E-state index in [2.05, 4.69) is 11.3 Å². The first-order valence-electron chi connectivity index (χ1n) is 6.42. The smallest absolute Gasteiger partial charge is 0.334 e. The fourth-order valence-electron chi connectivity index (χ4n) is 3.28. The Balaban J connectivity index is 1.91. The third-order valence-corrected chi connectivity index (χ3v) is 4.30. The zero-order valence-electron chi connectivity index (χ0n) is 11.0. The van der Waals surface area contributed by atoms with Crippen LogP contribution in [-0.2, 0) is 19.1 Å². The molecule has 18 heavy (non-hydrogen) atoms. The van der Waals surface area contributed by atoms with Gasteiger partial charge >= 0.3 is 11.9 Å². The molecule has 0 spiro atoms. The zero-order chi connectivity index (χ0) is 13.3. The second-order valence-corrected chi connectivity index (χ2v) is 5.64.